The molecule has 1 atom stereocenters. The van der Waals surface area contributed by atoms with Crippen LogP contribution in [0.3, 0.4) is 0 Å². The van der Waals surface area contributed by atoms with Gasteiger partial charge in [0.25, 0.3) is 0 Å². The third kappa shape index (κ3) is 3.28. The maximum absolute atomic E-state index is 10.3. The second kappa shape index (κ2) is 5.77. The number of halogens is 1. The van der Waals surface area contributed by atoms with Gasteiger partial charge < -0.3 is 15.2 Å². The van der Waals surface area contributed by atoms with Crippen LogP contribution in [0.4, 0.5) is 0 Å². The summed E-state index contributed by atoms with van der Waals surface area (Å²) < 4.78 is 7.41. The Kier molecular flexibility index (Phi) is 4.91. The van der Waals surface area contributed by atoms with Gasteiger partial charge in [-0.15, -0.1) is 0 Å². The van der Waals surface area contributed by atoms with Gasteiger partial charge in [0, 0.05) is 27.2 Å². The normalized spacial score (nSPS) is 15.1. The number of rotatable bonds is 6. The first kappa shape index (κ1) is 13.6. The lowest BCUT2D eigenvalue weighted by Crippen LogP contribution is -2.38. The summed E-state index contributed by atoms with van der Waals surface area (Å²) in [6.45, 7) is 3.55. The zero-order valence-electron chi connectivity index (χ0n) is 9.83. The molecule has 1 aromatic heterocycles. The number of aliphatic hydroxyl groups is 1. The minimum atomic E-state index is -0.960. The highest BCUT2D eigenvalue weighted by Crippen LogP contribution is 2.26. The van der Waals surface area contributed by atoms with E-state index in [0.29, 0.717) is 19.7 Å². The molecule has 92 valence electrons. The largest absolute Gasteiger partial charge is 0.383 e. The Labute approximate surface area is 104 Å². The third-order valence-electron chi connectivity index (χ3n) is 2.36. The van der Waals surface area contributed by atoms with Crippen LogP contribution in [-0.4, -0.2) is 41.7 Å². The van der Waals surface area contributed by atoms with Crippen LogP contribution in [0, 0.1) is 0 Å². The Bertz CT molecular complexity index is 319. The molecule has 0 spiro atoms. The molecule has 0 aliphatic heterocycles. The Hall–Kier alpha value is -0.430. The topological polar surface area (TPSA) is 59.3 Å². The molecular formula is C10H18BrN3O2. The van der Waals surface area contributed by atoms with E-state index in [1.54, 1.807) is 24.9 Å². The van der Waals surface area contributed by atoms with Crippen LogP contribution in [0.1, 0.15) is 12.6 Å². The zero-order valence-corrected chi connectivity index (χ0v) is 11.4. The van der Waals surface area contributed by atoms with Crippen molar-refractivity contribution in [3.8, 4) is 0 Å². The van der Waals surface area contributed by atoms with Crippen molar-refractivity contribution in [2.75, 3.05) is 26.8 Å². The minimum Gasteiger partial charge on any atom is -0.383 e. The highest BCUT2D eigenvalue weighted by molar-refractivity contribution is 9.10. The number of nitrogens with one attached hydrogen (secondary N) is 1. The molecule has 6 heteroatoms. The van der Waals surface area contributed by atoms with Gasteiger partial charge in [-0.1, -0.05) is 0 Å². The molecule has 5 nitrogen and oxygen atoms in total. The summed E-state index contributed by atoms with van der Waals surface area (Å²) in [4.78, 5) is 0. The number of aromatic nitrogens is 2. The predicted molar refractivity (Wildman–Crippen MR) is 65.2 cm³/mol. The molecule has 0 saturated carbocycles. The zero-order chi connectivity index (χ0) is 12.2. The van der Waals surface area contributed by atoms with E-state index < -0.39 is 5.60 Å². The number of methoxy groups -OCH3 is 1. The summed E-state index contributed by atoms with van der Waals surface area (Å²) in [7, 11) is 3.46. The first-order valence-corrected chi connectivity index (χ1v) is 5.88. The van der Waals surface area contributed by atoms with Crippen LogP contribution >= 0.6 is 15.9 Å². The van der Waals surface area contributed by atoms with Crippen molar-refractivity contribution in [3.05, 3.63) is 16.4 Å². The Balaban J connectivity index is 2.63. The molecule has 0 fully saturated rings. The summed E-state index contributed by atoms with van der Waals surface area (Å²) in [6, 6.07) is 0. The molecule has 0 amide bonds. The molecule has 0 aromatic carbocycles. The standard InChI is InChI=1S/C10H18BrN3O2/c1-10(15,7-12-4-5-16-3)9-8(11)6-13-14(9)2/h6,12,15H,4-5,7H2,1-3H3. The fraction of sp³-hybridized carbons (Fsp3) is 0.700. The molecule has 0 aliphatic rings. The highest BCUT2D eigenvalue weighted by atomic mass is 79.9. The molecular weight excluding hydrogens is 274 g/mol. The van der Waals surface area contributed by atoms with Crippen molar-refractivity contribution in [1.29, 1.82) is 0 Å². The van der Waals surface area contributed by atoms with Gasteiger partial charge in [0.05, 0.1) is 23.0 Å². The molecule has 1 unspecified atom stereocenters. The molecule has 0 bridgehead atoms. The monoisotopic (exact) mass is 291 g/mol. The van der Waals surface area contributed by atoms with E-state index in [9.17, 15) is 5.11 Å². The van der Waals surface area contributed by atoms with Crippen molar-refractivity contribution in [3.63, 3.8) is 0 Å². The highest BCUT2D eigenvalue weighted by Gasteiger charge is 2.28. The van der Waals surface area contributed by atoms with Crippen LogP contribution in [0.15, 0.2) is 10.7 Å². The first-order valence-electron chi connectivity index (χ1n) is 5.09. The third-order valence-corrected chi connectivity index (χ3v) is 2.94. The Morgan fingerprint density at radius 1 is 1.69 bits per heavy atom. The SMILES string of the molecule is COCCNCC(C)(O)c1c(Br)cnn1C. The number of nitrogens with zero attached hydrogens (tertiary/aromatic N) is 2. The second-order valence-electron chi connectivity index (χ2n) is 3.91. The lowest BCUT2D eigenvalue weighted by molar-refractivity contribution is 0.0460. The molecule has 0 aliphatic carbocycles. The summed E-state index contributed by atoms with van der Waals surface area (Å²) in [5.74, 6) is 0. The first-order chi connectivity index (χ1) is 7.49. The molecule has 0 radical (unpaired) electrons. The fourth-order valence-corrected chi connectivity index (χ4v) is 2.38. The average molecular weight is 292 g/mol. The summed E-state index contributed by atoms with van der Waals surface area (Å²) in [5, 5.41) is 17.6. The number of aryl methyl sites for hydroxylation is 1. The molecule has 1 rings (SSSR count). The van der Waals surface area contributed by atoms with Crippen LogP contribution < -0.4 is 5.32 Å². The smallest absolute Gasteiger partial charge is 0.117 e. The van der Waals surface area contributed by atoms with Crippen LogP contribution in [-0.2, 0) is 17.4 Å². The van der Waals surface area contributed by atoms with Crippen LogP contribution in [0.25, 0.3) is 0 Å². The maximum atomic E-state index is 10.3. The van der Waals surface area contributed by atoms with E-state index in [2.05, 4.69) is 26.3 Å². The van der Waals surface area contributed by atoms with Crippen LogP contribution in [0.2, 0.25) is 0 Å². The second-order valence-corrected chi connectivity index (χ2v) is 4.76. The van der Waals surface area contributed by atoms with Gasteiger partial charge in [-0.25, -0.2) is 0 Å². The molecule has 0 saturated heterocycles. The van der Waals surface area contributed by atoms with Gasteiger partial charge in [-0.2, -0.15) is 5.10 Å². The lowest BCUT2D eigenvalue weighted by atomic mass is 10.0. The van der Waals surface area contributed by atoms with Crippen molar-refractivity contribution >= 4 is 15.9 Å². The summed E-state index contributed by atoms with van der Waals surface area (Å²) in [6.07, 6.45) is 1.68. The van der Waals surface area contributed by atoms with Crippen molar-refractivity contribution in [2.24, 2.45) is 7.05 Å². The van der Waals surface area contributed by atoms with Gasteiger partial charge in [-0.05, 0) is 22.9 Å². The van der Waals surface area contributed by atoms with Gasteiger partial charge in [0.1, 0.15) is 5.60 Å². The number of hydrogen-bond donors (Lipinski definition) is 2. The number of ether oxygens (including phenoxy) is 1. The summed E-state index contributed by atoms with van der Waals surface area (Å²) >= 11 is 3.38. The molecule has 16 heavy (non-hydrogen) atoms. The minimum absolute atomic E-state index is 0.453. The van der Waals surface area contributed by atoms with E-state index in [1.807, 2.05) is 7.05 Å². The van der Waals surface area contributed by atoms with Crippen LogP contribution in [0.5, 0.6) is 0 Å². The van der Waals surface area contributed by atoms with Gasteiger partial charge in [-0.3, -0.25) is 4.68 Å². The average Bonchev–Trinajstić information content (AvgIpc) is 2.54. The van der Waals surface area contributed by atoms with E-state index in [0.717, 1.165) is 10.2 Å². The quantitative estimate of drug-likeness (QED) is 0.755. The van der Waals surface area contributed by atoms with Crippen molar-refractivity contribution in [1.82, 2.24) is 15.1 Å². The van der Waals surface area contributed by atoms with E-state index in [1.165, 1.54) is 0 Å². The molecule has 1 aromatic rings. The summed E-state index contributed by atoms with van der Waals surface area (Å²) in [5.41, 5.74) is -0.199. The predicted octanol–water partition coefficient (Wildman–Crippen LogP) is 0.626. The van der Waals surface area contributed by atoms with E-state index in [4.69, 9.17) is 4.74 Å². The Morgan fingerprint density at radius 3 is 2.88 bits per heavy atom. The maximum Gasteiger partial charge on any atom is 0.117 e. The van der Waals surface area contributed by atoms with Crippen molar-refractivity contribution < 1.29 is 9.84 Å². The molecule has 1 heterocycles. The van der Waals surface area contributed by atoms with E-state index in [-0.39, 0.29) is 0 Å². The van der Waals surface area contributed by atoms with E-state index >= 15 is 0 Å². The van der Waals surface area contributed by atoms with Gasteiger partial charge in [0.2, 0.25) is 0 Å². The molecule has 2 N–H and O–H groups in total. The Morgan fingerprint density at radius 2 is 2.38 bits per heavy atom. The number of hydrogen-bond acceptors (Lipinski definition) is 4. The van der Waals surface area contributed by atoms with Gasteiger partial charge >= 0.3 is 0 Å². The van der Waals surface area contributed by atoms with Gasteiger partial charge in [0.15, 0.2) is 0 Å². The van der Waals surface area contributed by atoms with Crippen molar-refractivity contribution in [2.45, 2.75) is 12.5 Å². The lowest BCUT2D eigenvalue weighted by Gasteiger charge is -2.24. The fourth-order valence-electron chi connectivity index (χ4n) is 1.61.